The zero-order valence-corrected chi connectivity index (χ0v) is 9.16. The van der Waals surface area contributed by atoms with E-state index in [9.17, 15) is 8.78 Å². The van der Waals surface area contributed by atoms with Crippen molar-refractivity contribution in [3.63, 3.8) is 0 Å². The Bertz CT molecular complexity index is 317. The standard InChI is InChI=1S/C8H7BrClF2N/c1-4-5(3-10)2-6(8(11)12)7(9)13-4/h2,8H,3H2,1H3. The van der Waals surface area contributed by atoms with Gasteiger partial charge in [0.15, 0.2) is 0 Å². The molecule has 1 nitrogen and oxygen atoms in total. The number of aryl methyl sites for hydroxylation is 1. The molecule has 1 aromatic rings. The molecule has 0 fully saturated rings. The fraction of sp³-hybridized carbons (Fsp3) is 0.375. The molecule has 1 aromatic heterocycles. The van der Waals surface area contributed by atoms with E-state index in [1.165, 1.54) is 6.07 Å². The highest BCUT2D eigenvalue weighted by Gasteiger charge is 2.14. The van der Waals surface area contributed by atoms with Gasteiger partial charge in [0.1, 0.15) is 4.60 Å². The third-order valence-electron chi connectivity index (χ3n) is 1.68. The first-order valence-electron chi connectivity index (χ1n) is 3.56. The van der Waals surface area contributed by atoms with E-state index in [1.807, 2.05) is 0 Å². The first-order valence-corrected chi connectivity index (χ1v) is 4.89. The van der Waals surface area contributed by atoms with Gasteiger partial charge in [-0.25, -0.2) is 13.8 Å². The summed E-state index contributed by atoms with van der Waals surface area (Å²) in [6.45, 7) is 1.73. The van der Waals surface area contributed by atoms with Crippen LogP contribution in [0.5, 0.6) is 0 Å². The topological polar surface area (TPSA) is 12.9 Å². The molecule has 0 bridgehead atoms. The third kappa shape index (κ3) is 2.38. The second-order valence-corrected chi connectivity index (χ2v) is 3.57. The van der Waals surface area contributed by atoms with Gasteiger partial charge < -0.3 is 0 Å². The minimum Gasteiger partial charge on any atom is -0.245 e. The number of hydrogen-bond acceptors (Lipinski definition) is 1. The predicted molar refractivity (Wildman–Crippen MR) is 51.2 cm³/mol. The normalized spacial score (nSPS) is 10.9. The molecule has 0 aliphatic carbocycles. The third-order valence-corrected chi connectivity index (χ3v) is 2.60. The van der Waals surface area contributed by atoms with Crippen LogP contribution in [0, 0.1) is 6.92 Å². The SMILES string of the molecule is Cc1nc(Br)c(C(F)F)cc1CCl. The summed E-state index contributed by atoms with van der Waals surface area (Å²) in [5.74, 6) is 0.200. The molecule has 0 atom stereocenters. The Morgan fingerprint density at radius 1 is 1.62 bits per heavy atom. The average molecular weight is 271 g/mol. The van der Waals surface area contributed by atoms with Crippen molar-refractivity contribution in [2.75, 3.05) is 0 Å². The molecule has 0 spiro atoms. The molecule has 0 unspecified atom stereocenters. The summed E-state index contributed by atoms with van der Waals surface area (Å²) in [4.78, 5) is 3.92. The number of halogens is 4. The lowest BCUT2D eigenvalue weighted by Gasteiger charge is -2.07. The molecule has 0 aliphatic heterocycles. The van der Waals surface area contributed by atoms with Gasteiger partial charge >= 0.3 is 0 Å². The van der Waals surface area contributed by atoms with Gasteiger partial charge in [0.05, 0.1) is 5.56 Å². The molecule has 5 heteroatoms. The van der Waals surface area contributed by atoms with Crippen LogP contribution in [0.25, 0.3) is 0 Å². The molecule has 13 heavy (non-hydrogen) atoms. The van der Waals surface area contributed by atoms with Crippen LogP contribution in [0.2, 0.25) is 0 Å². The summed E-state index contributed by atoms with van der Waals surface area (Å²) in [7, 11) is 0. The molecule has 0 saturated heterocycles. The molecule has 1 heterocycles. The fourth-order valence-electron chi connectivity index (χ4n) is 0.924. The number of aromatic nitrogens is 1. The summed E-state index contributed by atoms with van der Waals surface area (Å²) in [6, 6.07) is 1.38. The maximum absolute atomic E-state index is 12.4. The van der Waals surface area contributed by atoms with E-state index >= 15 is 0 Å². The Morgan fingerprint density at radius 3 is 2.69 bits per heavy atom. The summed E-state index contributed by atoms with van der Waals surface area (Å²) >= 11 is 8.54. The molecular weight excluding hydrogens is 263 g/mol. The maximum atomic E-state index is 12.4. The van der Waals surface area contributed by atoms with Crippen LogP contribution in [0.1, 0.15) is 23.2 Å². The van der Waals surface area contributed by atoms with Gasteiger partial charge in [-0.15, -0.1) is 11.6 Å². The van der Waals surface area contributed by atoms with Crippen LogP contribution < -0.4 is 0 Å². The van der Waals surface area contributed by atoms with Crippen molar-refractivity contribution < 1.29 is 8.78 Å². The maximum Gasteiger partial charge on any atom is 0.266 e. The molecule has 72 valence electrons. The highest BCUT2D eigenvalue weighted by molar-refractivity contribution is 9.10. The summed E-state index contributed by atoms with van der Waals surface area (Å²) in [5, 5.41) is 0. The molecule has 0 aromatic carbocycles. The van der Waals surface area contributed by atoms with Crippen molar-refractivity contribution in [1.29, 1.82) is 0 Å². The lowest BCUT2D eigenvalue weighted by Crippen LogP contribution is -1.96. The second kappa shape index (κ2) is 4.33. The Hall–Kier alpha value is -0.220. The van der Waals surface area contributed by atoms with Crippen molar-refractivity contribution in [2.24, 2.45) is 0 Å². The van der Waals surface area contributed by atoms with Crippen molar-refractivity contribution in [2.45, 2.75) is 19.2 Å². The average Bonchev–Trinajstić information content (AvgIpc) is 2.03. The van der Waals surface area contributed by atoms with Gasteiger partial charge in [-0.05, 0) is 34.5 Å². The summed E-state index contributed by atoms with van der Waals surface area (Å²) < 4.78 is 24.9. The van der Waals surface area contributed by atoms with Gasteiger partial charge in [0.25, 0.3) is 6.43 Å². The Kier molecular flexibility index (Phi) is 3.62. The summed E-state index contributed by atoms with van der Waals surface area (Å²) in [6.07, 6.45) is -2.52. The van der Waals surface area contributed by atoms with Crippen molar-refractivity contribution >= 4 is 27.5 Å². The van der Waals surface area contributed by atoms with E-state index in [0.717, 1.165) is 0 Å². The van der Waals surface area contributed by atoms with Crippen molar-refractivity contribution in [3.8, 4) is 0 Å². The molecule has 0 saturated carbocycles. The van der Waals surface area contributed by atoms with E-state index in [4.69, 9.17) is 11.6 Å². The van der Waals surface area contributed by atoms with Crippen LogP contribution in [0.4, 0.5) is 8.78 Å². The van der Waals surface area contributed by atoms with Gasteiger partial charge in [0, 0.05) is 11.6 Å². The van der Waals surface area contributed by atoms with Gasteiger partial charge in [0.2, 0.25) is 0 Å². The number of hydrogen-bond donors (Lipinski definition) is 0. The Morgan fingerprint density at radius 2 is 2.23 bits per heavy atom. The zero-order valence-electron chi connectivity index (χ0n) is 6.82. The Balaban J connectivity index is 3.22. The van der Waals surface area contributed by atoms with E-state index < -0.39 is 6.43 Å². The van der Waals surface area contributed by atoms with E-state index in [0.29, 0.717) is 11.3 Å². The van der Waals surface area contributed by atoms with Crippen LogP contribution in [-0.4, -0.2) is 4.98 Å². The van der Waals surface area contributed by atoms with E-state index in [2.05, 4.69) is 20.9 Å². The molecule has 0 amide bonds. The first-order chi connectivity index (χ1) is 6.06. The lowest BCUT2D eigenvalue weighted by molar-refractivity contribution is 0.150. The van der Waals surface area contributed by atoms with Crippen LogP contribution in [0.3, 0.4) is 0 Å². The van der Waals surface area contributed by atoms with Crippen LogP contribution >= 0.6 is 27.5 Å². The predicted octanol–water partition coefficient (Wildman–Crippen LogP) is 3.83. The van der Waals surface area contributed by atoms with Crippen molar-refractivity contribution in [1.82, 2.24) is 4.98 Å². The summed E-state index contributed by atoms with van der Waals surface area (Å²) in [5.41, 5.74) is 1.20. The molecule has 0 radical (unpaired) electrons. The molecule has 0 aliphatic rings. The number of alkyl halides is 3. The molecular formula is C8H7BrClF2N. The lowest BCUT2D eigenvalue weighted by atomic mass is 10.2. The fourth-order valence-corrected chi connectivity index (χ4v) is 1.75. The first kappa shape index (κ1) is 10.9. The number of rotatable bonds is 2. The largest absolute Gasteiger partial charge is 0.266 e. The Labute approximate surface area is 88.2 Å². The minimum absolute atomic E-state index is 0.110. The van der Waals surface area contributed by atoms with E-state index in [1.54, 1.807) is 6.92 Å². The van der Waals surface area contributed by atoms with Crippen LogP contribution in [0.15, 0.2) is 10.7 Å². The monoisotopic (exact) mass is 269 g/mol. The van der Waals surface area contributed by atoms with Crippen molar-refractivity contribution in [3.05, 3.63) is 27.5 Å². The van der Waals surface area contributed by atoms with Gasteiger partial charge in [-0.2, -0.15) is 0 Å². The highest BCUT2D eigenvalue weighted by atomic mass is 79.9. The second-order valence-electron chi connectivity index (χ2n) is 2.55. The number of pyridine rings is 1. The van der Waals surface area contributed by atoms with Gasteiger partial charge in [-0.3, -0.25) is 0 Å². The number of nitrogens with zero attached hydrogens (tertiary/aromatic N) is 1. The smallest absolute Gasteiger partial charge is 0.245 e. The highest BCUT2D eigenvalue weighted by Crippen LogP contribution is 2.28. The minimum atomic E-state index is -2.52. The quantitative estimate of drug-likeness (QED) is 0.588. The molecule has 0 N–H and O–H groups in total. The van der Waals surface area contributed by atoms with Gasteiger partial charge in [-0.1, -0.05) is 0 Å². The zero-order chi connectivity index (χ0) is 10.0. The van der Waals surface area contributed by atoms with E-state index in [-0.39, 0.29) is 16.0 Å². The van der Waals surface area contributed by atoms with Crippen LogP contribution in [-0.2, 0) is 5.88 Å². The molecule has 1 rings (SSSR count).